The number of nitrogens with zero attached hydrogens (tertiary/aromatic N) is 4. The second-order valence-electron chi connectivity index (χ2n) is 8.15. The van der Waals surface area contributed by atoms with Crippen molar-refractivity contribution in [3.8, 4) is 0 Å². The van der Waals surface area contributed by atoms with Gasteiger partial charge < -0.3 is 9.47 Å². The zero-order valence-electron chi connectivity index (χ0n) is 17.7. The van der Waals surface area contributed by atoms with E-state index in [1.807, 2.05) is 23.4 Å². The third kappa shape index (κ3) is 3.93. The van der Waals surface area contributed by atoms with Crippen molar-refractivity contribution < 1.29 is 4.39 Å². The van der Waals surface area contributed by atoms with Crippen LogP contribution in [0.25, 0.3) is 11.0 Å². The van der Waals surface area contributed by atoms with Crippen LogP contribution in [0, 0.1) is 0 Å². The molecule has 0 N–H and O–H groups in total. The highest BCUT2D eigenvalue weighted by Gasteiger charge is 2.22. The molecule has 1 saturated heterocycles. The van der Waals surface area contributed by atoms with Gasteiger partial charge in [0, 0.05) is 31.9 Å². The van der Waals surface area contributed by atoms with E-state index in [1.54, 1.807) is 6.92 Å². The molecule has 0 radical (unpaired) electrons. The van der Waals surface area contributed by atoms with E-state index in [9.17, 15) is 4.39 Å². The molecule has 4 aromatic rings. The number of hydrogen-bond acceptors (Lipinski definition) is 3. The maximum Gasteiger partial charge on any atom is 0.150 e. The van der Waals surface area contributed by atoms with E-state index < -0.39 is 6.30 Å². The van der Waals surface area contributed by atoms with Crippen molar-refractivity contribution in [2.45, 2.75) is 19.3 Å². The summed E-state index contributed by atoms with van der Waals surface area (Å²) in [4.78, 5) is 8.93. The Hall–Kier alpha value is -3.18. The summed E-state index contributed by atoms with van der Waals surface area (Å²) in [5.41, 5.74) is 5.71. The number of imidazole rings is 1. The van der Waals surface area contributed by atoms with Crippen LogP contribution in [0.15, 0.2) is 85.2 Å². The van der Waals surface area contributed by atoms with Gasteiger partial charge in [0.1, 0.15) is 0 Å². The van der Waals surface area contributed by atoms with Gasteiger partial charge in [-0.3, -0.25) is 4.90 Å². The van der Waals surface area contributed by atoms with Crippen molar-refractivity contribution in [1.29, 1.82) is 0 Å². The first kappa shape index (κ1) is 19.8. The number of benzene rings is 3. The Labute approximate surface area is 182 Å². The van der Waals surface area contributed by atoms with Crippen LogP contribution in [0.4, 0.5) is 10.1 Å². The van der Waals surface area contributed by atoms with E-state index in [-0.39, 0.29) is 6.04 Å². The van der Waals surface area contributed by atoms with Crippen LogP contribution in [0.2, 0.25) is 0 Å². The van der Waals surface area contributed by atoms with Crippen molar-refractivity contribution in [3.63, 3.8) is 0 Å². The lowest BCUT2D eigenvalue weighted by atomic mass is 9.98. The molecule has 158 valence electrons. The van der Waals surface area contributed by atoms with E-state index in [0.29, 0.717) is 0 Å². The van der Waals surface area contributed by atoms with Crippen LogP contribution in [-0.4, -0.2) is 46.9 Å². The molecular formula is C26H27FN4. The van der Waals surface area contributed by atoms with E-state index in [2.05, 4.69) is 76.2 Å². The molecule has 4 nitrogen and oxygen atoms in total. The monoisotopic (exact) mass is 414 g/mol. The quantitative estimate of drug-likeness (QED) is 0.424. The van der Waals surface area contributed by atoms with Gasteiger partial charge in [-0.25, -0.2) is 9.37 Å². The molecule has 5 rings (SSSR count). The summed E-state index contributed by atoms with van der Waals surface area (Å²) in [6.45, 7) is 4.76. The summed E-state index contributed by atoms with van der Waals surface area (Å²) < 4.78 is 15.9. The average molecular weight is 415 g/mol. The molecule has 0 saturated carbocycles. The zero-order valence-corrected chi connectivity index (χ0v) is 17.7. The predicted octanol–water partition coefficient (Wildman–Crippen LogP) is 5.11. The summed E-state index contributed by atoms with van der Waals surface area (Å²) in [5.74, 6) is 0. The van der Waals surface area contributed by atoms with Crippen molar-refractivity contribution in [2.75, 3.05) is 31.1 Å². The molecule has 0 spiro atoms. The van der Waals surface area contributed by atoms with Crippen LogP contribution in [0.1, 0.15) is 24.1 Å². The molecule has 3 aromatic carbocycles. The van der Waals surface area contributed by atoms with Crippen LogP contribution in [0.3, 0.4) is 0 Å². The Morgan fingerprint density at radius 1 is 0.806 bits per heavy atom. The Balaban J connectivity index is 1.54. The zero-order chi connectivity index (χ0) is 21.2. The molecule has 0 bridgehead atoms. The number of piperazine rings is 1. The van der Waals surface area contributed by atoms with Crippen LogP contribution in [-0.2, 0) is 0 Å². The smallest absolute Gasteiger partial charge is 0.150 e. The van der Waals surface area contributed by atoms with E-state index in [4.69, 9.17) is 4.98 Å². The summed E-state index contributed by atoms with van der Waals surface area (Å²) in [5, 5.41) is 0. The van der Waals surface area contributed by atoms with Gasteiger partial charge in [0.2, 0.25) is 0 Å². The SMILES string of the molecule is CC(F)N1CCN(c2ccc3ncn(C(c4ccccc4)c4ccccc4)c3c2)CC1. The predicted molar refractivity (Wildman–Crippen MR) is 124 cm³/mol. The second kappa shape index (κ2) is 8.52. The first-order valence-corrected chi connectivity index (χ1v) is 10.9. The number of alkyl halides is 1. The highest BCUT2D eigenvalue weighted by molar-refractivity contribution is 5.80. The van der Waals surface area contributed by atoms with Crippen LogP contribution >= 0.6 is 0 Å². The van der Waals surface area contributed by atoms with Gasteiger partial charge in [0.05, 0.1) is 23.4 Å². The summed E-state index contributed by atoms with van der Waals surface area (Å²) in [7, 11) is 0. The Kier molecular flexibility index (Phi) is 5.43. The molecule has 5 heteroatoms. The third-order valence-corrected chi connectivity index (χ3v) is 6.25. The van der Waals surface area contributed by atoms with Crippen LogP contribution < -0.4 is 4.90 Å². The first-order valence-electron chi connectivity index (χ1n) is 10.9. The molecule has 1 aliphatic rings. The minimum atomic E-state index is -0.886. The number of aromatic nitrogens is 2. The highest BCUT2D eigenvalue weighted by atomic mass is 19.1. The van der Waals surface area contributed by atoms with Gasteiger partial charge in [-0.1, -0.05) is 60.7 Å². The molecule has 0 amide bonds. The van der Waals surface area contributed by atoms with Gasteiger partial charge in [-0.2, -0.15) is 0 Å². The van der Waals surface area contributed by atoms with Gasteiger partial charge in [0.15, 0.2) is 6.30 Å². The van der Waals surface area contributed by atoms with Crippen molar-refractivity contribution in [3.05, 3.63) is 96.3 Å². The van der Waals surface area contributed by atoms with Crippen molar-refractivity contribution in [2.24, 2.45) is 0 Å². The first-order chi connectivity index (χ1) is 15.2. The normalized spacial score (nSPS) is 16.2. The minimum Gasteiger partial charge on any atom is -0.369 e. The molecule has 2 heterocycles. The third-order valence-electron chi connectivity index (χ3n) is 6.25. The molecule has 1 fully saturated rings. The minimum absolute atomic E-state index is 0.0480. The number of hydrogen-bond donors (Lipinski definition) is 0. The second-order valence-corrected chi connectivity index (χ2v) is 8.15. The highest BCUT2D eigenvalue weighted by Crippen LogP contribution is 2.32. The standard InChI is InChI=1S/C26H27FN4/c1-20(27)29-14-16-30(17-15-29)23-12-13-24-25(18-23)31(19-28-24)26(21-8-4-2-5-9-21)22-10-6-3-7-11-22/h2-13,18-20,26H,14-17H2,1H3. The fraction of sp³-hybridized carbons (Fsp3) is 0.269. The fourth-order valence-electron chi connectivity index (χ4n) is 4.54. The van der Waals surface area contributed by atoms with Gasteiger partial charge in [-0.05, 0) is 36.2 Å². The molecule has 1 aromatic heterocycles. The molecule has 1 unspecified atom stereocenters. The summed E-state index contributed by atoms with van der Waals surface area (Å²) in [6.07, 6.45) is 1.06. The number of rotatable bonds is 5. The lowest BCUT2D eigenvalue weighted by Crippen LogP contribution is -2.48. The van der Waals surface area contributed by atoms with Gasteiger partial charge in [0.25, 0.3) is 0 Å². The Morgan fingerprint density at radius 2 is 1.42 bits per heavy atom. The van der Waals surface area contributed by atoms with Crippen molar-refractivity contribution in [1.82, 2.24) is 14.5 Å². The summed E-state index contributed by atoms with van der Waals surface area (Å²) >= 11 is 0. The molecule has 1 aliphatic heterocycles. The average Bonchev–Trinajstić information content (AvgIpc) is 3.24. The number of anilines is 1. The molecule has 1 atom stereocenters. The molecule has 31 heavy (non-hydrogen) atoms. The van der Waals surface area contributed by atoms with Crippen molar-refractivity contribution >= 4 is 16.7 Å². The fourth-order valence-corrected chi connectivity index (χ4v) is 4.54. The molecular weight excluding hydrogens is 387 g/mol. The number of halogens is 1. The lowest BCUT2D eigenvalue weighted by molar-refractivity contribution is 0.0920. The Bertz CT molecular complexity index is 1090. The summed E-state index contributed by atoms with van der Waals surface area (Å²) in [6, 6.07) is 27.6. The van der Waals surface area contributed by atoms with Gasteiger partial charge >= 0.3 is 0 Å². The van der Waals surface area contributed by atoms with Gasteiger partial charge in [-0.15, -0.1) is 0 Å². The van der Waals surface area contributed by atoms with Crippen LogP contribution in [0.5, 0.6) is 0 Å². The maximum absolute atomic E-state index is 13.6. The van der Waals surface area contributed by atoms with E-state index in [0.717, 1.165) is 37.2 Å². The maximum atomic E-state index is 13.6. The van der Waals surface area contributed by atoms with E-state index >= 15 is 0 Å². The Morgan fingerprint density at radius 3 is 2.00 bits per heavy atom. The largest absolute Gasteiger partial charge is 0.369 e. The topological polar surface area (TPSA) is 24.3 Å². The molecule has 0 aliphatic carbocycles. The van der Waals surface area contributed by atoms with E-state index in [1.165, 1.54) is 16.8 Å². The number of fused-ring (bicyclic) bond motifs is 1. The lowest BCUT2D eigenvalue weighted by Gasteiger charge is -2.36.